The second kappa shape index (κ2) is 10.5. The number of anilines is 1. The molecule has 0 bridgehead atoms. The third kappa shape index (κ3) is 4.85. The van der Waals surface area contributed by atoms with E-state index >= 15 is 0 Å². The molecule has 0 aliphatic carbocycles. The molecule has 2 aliphatic heterocycles. The Bertz CT molecular complexity index is 1090. The second-order valence-corrected chi connectivity index (χ2v) is 9.60. The zero-order chi connectivity index (χ0) is 24.4. The van der Waals surface area contributed by atoms with E-state index in [-0.39, 0.29) is 6.29 Å². The Morgan fingerprint density at radius 3 is 2.57 bits per heavy atom. The lowest BCUT2D eigenvalue weighted by molar-refractivity contribution is 0.0352. The minimum Gasteiger partial charge on any atom is -0.379 e. The summed E-state index contributed by atoms with van der Waals surface area (Å²) in [6.45, 7) is 10.4. The largest absolute Gasteiger partial charge is 0.379 e. The molecule has 0 radical (unpaired) electrons. The van der Waals surface area contributed by atoms with E-state index < -0.39 is 6.29 Å². The molecule has 5 rings (SSSR count). The van der Waals surface area contributed by atoms with Crippen molar-refractivity contribution in [3.8, 4) is 5.69 Å². The lowest BCUT2D eigenvalue weighted by Crippen LogP contribution is -2.62. The van der Waals surface area contributed by atoms with Gasteiger partial charge in [-0.05, 0) is 30.0 Å². The molecule has 0 spiro atoms. The van der Waals surface area contributed by atoms with Gasteiger partial charge in [0.2, 0.25) is 0 Å². The number of rotatable bonds is 8. The van der Waals surface area contributed by atoms with E-state index in [9.17, 15) is 0 Å². The van der Waals surface area contributed by atoms with Crippen LogP contribution in [0.25, 0.3) is 5.69 Å². The summed E-state index contributed by atoms with van der Waals surface area (Å²) in [5.41, 5.74) is 17.1. The fourth-order valence-electron chi connectivity index (χ4n) is 5.06. The number of aromatic nitrogens is 4. The Balaban J connectivity index is 1.41. The Morgan fingerprint density at radius 1 is 1.03 bits per heavy atom. The first-order valence-electron chi connectivity index (χ1n) is 12.5. The van der Waals surface area contributed by atoms with Crippen molar-refractivity contribution < 1.29 is 4.74 Å². The van der Waals surface area contributed by atoms with Gasteiger partial charge in [-0.25, -0.2) is 14.3 Å². The Labute approximate surface area is 207 Å². The van der Waals surface area contributed by atoms with Gasteiger partial charge in [-0.3, -0.25) is 16.4 Å². The van der Waals surface area contributed by atoms with Crippen LogP contribution in [-0.2, 0) is 11.3 Å². The van der Waals surface area contributed by atoms with E-state index in [0.717, 1.165) is 62.9 Å². The van der Waals surface area contributed by atoms with Gasteiger partial charge in [-0.1, -0.05) is 32.0 Å². The smallest absolute Gasteiger partial charge is 0.160 e. The van der Waals surface area contributed by atoms with Gasteiger partial charge in [0, 0.05) is 50.7 Å². The third-order valence-electron chi connectivity index (χ3n) is 7.01. The Morgan fingerprint density at radius 2 is 1.83 bits per heavy atom. The summed E-state index contributed by atoms with van der Waals surface area (Å²) in [5.74, 6) is 1.37. The van der Waals surface area contributed by atoms with E-state index in [2.05, 4.69) is 45.8 Å². The summed E-state index contributed by atoms with van der Waals surface area (Å²) in [6.07, 6.45) is 5.85. The van der Waals surface area contributed by atoms with Crippen LogP contribution in [0.4, 0.5) is 5.82 Å². The zero-order valence-corrected chi connectivity index (χ0v) is 20.7. The highest BCUT2D eigenvalue weighted by Gasteiger charge is 2.38. The maximum absolute atomic E-state index is 6.97. The molecular weight excluding hydrogens is 442 g/mol. The van der Waals surface area contributed by atoms with E-state index in [0.29, 0.717) is 12.5 Å². The van der Waals surface area contributed by atoms with E-state index in [4.69, 9.17) is 21.3 Å². The van der Waals surface area contributed by atoms with Crippen LogP contribution in [0.5, 0.6) is 0 Å². The lowest BCUT2D eigenvalue weighted by atomic mass is 10.1. The van der Waals surface area contributed by atoms with Gasteiger partial charge in [0.05, 0.1) is 25.1 Å². The van der Waals surface area contributed by atoms with Crippen LogP contribution in [0.2, 0.25) is 0 Å². The predicted octanol–water partition coefficient (Wildman–Crippen LogP) is 1.89. The molecule has 10 nitrogen and oxygen atoms in total. The molecule has 2 unspecified atom stereocenters. The summed E-state index contributed by atoms with van der Waals surface area (Å²) in [7, 11) is 0. The van der Waals surface area contributed by atoms with Crippen molar-refractivity contribution in [2.45, 2.75) is 45.3 Å². The number of hydrogen-bond acceptors (Lipinski definition) is 8. The van der Waals surface area contributed by atoms with Crippen LogP contribution in [-0.4, -0.2) is 75.0 Å². The van der Waals surface area contributed by atoms with Crippen LogP contribution in [0.15, 0.2) is 48.9 Å². The summed E-state index contributed by atoms with van der Waals surface area (Å²) in [5, 5.41) is 9.15. The average molecular weight is 480 g/mol. The van der Waals surface area contributed by atoms with E-state index in [1.165, 1.54) is 5.56 Å². The molecule has 4 heterocycles. The lowest BCUT2D eigenvalue weighted by Gasteiger charge is -2.47. The van der Waals surface area contributed by atoms with Gasteiger partial charge in [0.25, 0.3) is 0 Å². The third-order valence-corrected chi connectivity index (χ3v) is 7.01. The highest BCUT2D eigenvalue weighted by Crippen LogP contribution is 2.36. The molecule has 4 N–H and O–H groups in total. The van der Waals surface area contributed by atoms with E-state index in [1.54, 1.807) is 6.20 Å². The van der Waals surface area contributed by atoms with Crippen molar-refractivity contribution in [1.82, 2.24) is 29.4 Å². The summed E-state index contributed by atoms with van der Waals surface area (Å²) in [4.78, 5) is 6.85. The molecule has 3 aromatic rings. The monoisotopic (exact) mass is 479 g/mol. The molecule has 2 atom stereocenters. The highest BCUT2D eigenvalue weighted by molar-refractivity contribution is 5.51. The van der Waals surface area contributed by atoms with Gasteiger partial charge in [0.1, 0.15) is 12.1 Å². The van der Waals surface area contributed by atoms with Crippen molar-refractivity contribution >= 4 is 5.82 Å². The van der Waals surface area contributed by atoms with Gasteiger partial charge < -0.3 is 9.64 Å². The first kappa shape index (κ1) is 24.0. The number of para-hydroxylation sites is 1. The van der Waals surface area contributed by atoms with E-state index in [1.807, 2.05) is 40.0 Å². The summed E-state index contributed by atoms with van der Waals surface area (Å²) < 4.78 is 9.32. The molecule has 10 heteroatoms. The maximum atomic E-state index is 6.97. The van der Waals surface area contributed by atoms with Crippen LogP contribution in [0.3, 0.4) is 0 Å². The standard InChI is InChI=1S/C25H37N9O/c1-19(2)21-17-29-34-23(21)31(11-6-10-30-13-15-35-16-14-30)24(26)32(25(34)27)18-20-7-3-4-8-22(20)33-12-5-9-28-33/h3-5,7-9,12,17,19,24-25H,6,10-11,13-16,18,26-27H2,1-2H3. The van der Waals surface area contributed by atoms with Crippen molar-refractivity contribution in [2.75, 3.05) is 44.3 Å². The molecule has 35 heavy (non-hydrogen) atoms. The molecule has 1 fully saturated rings. The predicted molar refractivity (Wildman–Crippen MR) is 136 cm³/mol. The molecule has 1 aromatic carbocycles. The van der Waals surface area contributed by atoms with Gasteiger partial charge in [-0.2, -0.15) is 10.2 Å². The van der Waals surface area contributed by atoms with Crippen molar-refractivity contribution in [1.29, 1.82) is 0 Å². The number of benzene rings is 1. The maximum Gasteiger partial charge on any atom is 0.160 e. The number of fused-ring (bicyclic) bond motifs is 1. The topological polar surface area (TPSA) is 107 Å². The Kier molecular flexibility index (Phi) is 7.17. The van der Waals surface area contributed by atoms with Gasteiger partial charge in [-0.15, -0.1) is 0 Å². The van der Waals surface area contributed by atoms with Gasteiger partial charge >= 0.3 is 0 Å². The van der Waals surface area contributed by atoms with Crippen LogP contribution >= 0.6 is 0 Å². The Hall–Kier alpha value is -2.76. The first-order chi connectivity index (χ1) is 17.0. The van der Waals surface area contributed by atoms with Crippen LogP contribution in [0.1, 0.15) is 43.6 Å². The molecule has 188 valence electrons. The second-order valence-electron chi connectivity index (χ2n) is 9.60. The average Bonchev–Trinajstić information content (AvgIpc) is 3.56. The molecule has 0 saturated carbocycles. The zero-order valence-electron chi connectivity index (χ0n) is 20.7. The summed E-state index contributed by atoms with van der Waals surface area (Å²) in [6, 6.07) is 10.2. The highest BCUT2D eigenvalue weighted by atomic mass is 16.5. The number of ether oxygens (including phenoxy) is 1. The van der Waals surface area contributed by atoms with Crippen molar-refractivity contribution in [3.05, 3.63) is 60.0 Å². The molecule has 2 aromatic heterocycles. The fraction of sp³-hybridized carbons (Fsp3) is 0.520. The molecule has 2 aliphatic rings. The summed E-state index contributed by atoms with van der Waals surface area (Å²) >= 11 is 0. The SMILES string of the molecule is CC(C)c1cnn2c1N(CCCN1CCOCC1)C(N)N(Cc1ccccc1-n1cccn1)C2N. The molecule has 1 saturated heterocycles. The number of nitrogens with two attached hydrogens (primary N) is 2. The van der Waals surface area contributed by atoms with Crippen LogP contribution in [0, 0.1) is 0 Å². The number of nitrogens with zero attached hydrogens (tertiary/aromatic N) is 7. The first-order valence-corrected chi connectivity index (χ1v) is 12.5. The number of morpholine rings is 1. The molecular formula is C25H37N9O. The van der Waals surface area contributed by atoms with Crippen molar-refractivity contribution in [3.63, 3.8) is 0 Å². The van der Waals surface area contributed by atoms with Crippen LogP contribution < -0.4 is 16.4 Å². The minimum absolute atomic E-state index is 0.326. The normalized spacial score (nSPS) is 21.6. The minimum atomic E-state index is -0.464. The molecule has 0 amide bonds. The van der Waals surface area contributed by atoms with Crippen molar-refractivity contribution in [2.24, 2.45) is 11.5 Å². The quantitative estimate of drug-likeness (QED) is 0.505. The number of hydrogen-bond donors (Lipinski definition) is 2. The van der Waals surface area contributed by atoms with Gasteiger partial charge in [0.15, 0.2) is 6.29 Å². The fourth-order valence-corrected chi connectivity index (χ4v) is 5.06.